The van der Waals surface area contributed by atoms with Gasteiger partial charge in [-0.15, -0.1) is 11.3 Å². The van der Waals surface area contributed by atoms with E-state index in [0.717, 1.165) is 33.6 Å². The molecular formula is C21H21N3O3S3. The number of thioether (sulfide) groups is 1. The molecule has 3 aromatic rings. The summed E-state index contributed by atoms with van der Waals surface area (Å²) >= 11 is 3.00. The lowest BCUT2D eigenvalue weighted by Crippen LogP contribution is -2.43. The Morgan fingerprint density at radius 1 is 1.10 bits per heavy atom. The van der Waals surface area contributed by atoms with Crippen molar-refractivity contribution in [2.24, 2.45) is 0 Å². The van der Waals surface area contributed by atoms with Gasteiger partial charge in [-0.05, 0) is 36.8 Å². The van der Waals surface area contributed by atoms with Crippen molar-refractivity contribution in [3.63, 3.8) is 0 Å². The molecular weight excluding hydrogens is 438 g/mol. The lowest BCUT2D eigenvalue weighted by molar-refractivity contribution is -0.130. The smallest absolute Gasteiger partial charge is 0.233 e. The van der Waals surface area contributed by atoms with Crippen molar-refractivity contribution >= 4 is 49.7 Å². The molecule has 0 bridgehead atoms. The average molecular weight is 460 g/mol. The quantitative estimate of drug-likeness (QED) is 0.414. The van der Waals surface area contributed by atoms with Crippen LogP contribution < -0.4 is 0 Å². The number of benzene rings is 1. The predicted octanol–water partition coefficient (Wildman–Crippen LogP) is 3.63. The Kier molecular flexibility index (Phi) is 5.28. The monoisotopic (exact) mass is 459 g/mol. The van der Waals surface area contributed by atoms with Gasteiger partial charge in [0.15, 0.2) is 15.7 Å². The van der Waals surface area contributed by atoms with Gasteiger partial charge in [-0.3, -0.25) is 4.79 Å². The zero-order chi connectivity index (χ0) is 20.7. The molecule has 2 aliphatic rings. The lowest BCUT2D eigenvalue weighted by Gasteiger charge is -2.28. The molecule has 156 valence electrons. The van der Waals surface area contributed by atoms with E-state index in [1.54, 1.807) is 11.3 Å². The molecule has 0 spiro atoms. The van der Waals surface area contributed by atoms with Crippen molar-refractivity contribution in [3.05, 3.63) is 41.8 Å². The van der Waals surface area contributed by atoms with Crippen LogP contribution in [-0.4, -0.2) is 58.5 Å². The van der Waals surface area contributed by atoms with Crippen LogP contribution in [0.1, 0.15) is 19.3 Å². The molecule has 3 heterocycles. The van der Waals surface area contributed by atoms with Crippen molar-refractivity contribution in [1.29, 1.82) is 0 Å². The van der Waals surface area contributed by atoms with Crippen LogP contribution in [0.3, 0.4) is 0 Å². The molecule has 30 heavy (non-hydrogen) atoms. The van der Waals surface area contributed by atoms with Gasteiger partial charge in [0.05, 0.1) is 27.7 Å². The molecule has 2 fully saturated rings. The number of amides is 1. The second kappa shape index (κ2) is 7.94. The Hall–Kier alpha value is -1.97. The molecule has 5 rings (SSSR count). The lowest BCUT2D eigenvalue weighted by atomic mass is 10.2. The first-order valence-corrected chi connectivity index (χ1v) is 13.6. The minimum Gasteiger partial charge on any atom is -0.335 e. The maximum absolute atomic E-state index is 13.1. The number of rotatable bonds is 6. The number of aromatic nitrogens is 2. The third-order valence-electron chi connectivity index (χ3n) is 5.47. The van der Waals surface area contributed by atoms with Gasteiger partial charge in [-0.2, -0.15) is 0 Å². The van der Waals surface area contributed by atoms with Crippen LogP contribution >= 0.6 is 23.1 Å². The molecule has 1 aromatic carbocycles. The first kappa shape index (κ1) is 20.0. The molecule has 1 saturated heterocycles. The summed E-state index contributed by atoms with van der Waals surface area (Å²) in [7, 11) is -3.03. The number of carbonyl (C=O) groups excluding carboxylic acids is 1. The summed E-state index contributed by atoms with van der Waals surface area (Å²) in [6, 6.07) is 11.8. The summed E-state index contributed by atoms with van der Waals surface area (Å²) in [5, 5.41) is 3.71. The Labute approximate surface area is 183 Å². The van der Waals surface area contributed by atoms with Crippen LogP contribution in [0, 0.1) is 0 Å². The van der Waals surface area contributed by atoms with Crippen molar-refractivity contribution in [3.8, 4) is 10.7 Å². The van der Waals surface area contributed by atoms with E-state index >= 15 is 0 Å². The molecule has 0 N–H and O–H groups in total. The van der Waals surface area contributed by atoms with Gasteiger partial charge >= 0.3 is 0 Å². The Balaban J connectivity index is 1.39. The van der Waals surface area contributed by atoms with E-state index < -0.39 is 9.84 Å². The van der Waals surface area contributed by atoms with Crippen LogP contribution in [0.15, 0.2) is 46.8 Å². The van der Waals surface area contributed by atoms with Crippen molar-refractivity contribution in [2.75, 3.05) is 17.3 Å². The van der Waals surface area contributed by atoms with E-state index in [-0.39, 0.29) is 35.2 Å². The second-order valence-electron chi connectivity index (χ2n) is 7.72. The molecule has 1 aliphatic heterocycles. The van der Waals surface area contributed by atoms with Gasteiger partial charge in [0.2, 0.25) is 5.91 Å². The van der Waals surface area contributed by atoms with Crippen LogP contribution in [0.5, 0.6) is 0 Å². The second-order valence-corrected chi connectivity index (χ2v) is 11.9. The molecule has 2 aromatic heterocycles. The van der Waals surface area contributed by atoms with E-state index in [4.69, 9.17) is 4.98 Å². The molecule has 0 radical (unpaired) electrons. The highest BCUT2D eigenvalue weighted by Gasteiger charge is 2.41. The largest absolute Gasteiger partial charge is 0.335 e. The maximum Gasteiger partial charge on any atom is 0.233 e. The topological polar surface area (TPSA) is 80.2 Å². The summed E-state index contributed by atoms with van der Waals surface area (Å²) in [6.45, 7) is 0. The number of hydrogen-bond acceptors (Lipinski definition) is 7. The Bertz CT molecular complexity index is 1190. The molecule has 1 aliphatic carbocycles. The number of nitrogens with zero attached hydrogens (tertiary/aromatic N) is 3. The number of para-hydroxylation sites is 1. The Morgan fingerprint density at radius 2 is 1.93 bits per heavy atom. The maximum atomic E-state index is 13.1. The first-order chi connectivity index (χ1) is 14.5. The summed E-state index contributed by atoms with van der Waals surface area (Å²) in [6.07, 6.45) is 2.48. The van der Waals surface area contributed by atoms with Crippen molar-refractivity contribution in [2.45, 2.75) is 36.4 Å². The third kappa shape index (κ3) is 4.10. The van der Waals surface area contributed by atoms with E-state index in [1.807, 2.05) is 46.7 Å². The molecule has 1 amide bonds. The number of sulfone groups is 1. The van der Waals surface area contributed by atoms with Crippen LogP contribution in [0.25, 0.3) is 21.6 Å². The normalized spacial score (nSPS) is 20.5. The summed E-state index contributed by atoms with van der Waals surface area (Å²) in [5.74, 6) is 1.20. The molecule has 1 saturated carbocycles. The highest BCUT2D eigenvalue weighted by molar-refractivity contribution is 8.00. The number of fused-ring (bicyclic) bond motifs is 1. The standard InChI is InChI=1S/C21H21N3O3S3/c25-19(24(14-7-8-14)15-9-11-30(26,27)13-15)12-29-21-16-4-1-2-5-17(16)22-20(23-21)18-6-3-10-28-18/h1-6,10,14-15H,7-9,11-13H2. The van der Waals surface area contributed by atoms with Gasteiger partial charge in [-0.1, -0.05) is 36.0 Å². The number of carbonyl (C=O) groups is 1. The summed E-state index contributed by atoms with van der Waals surface area (Å²) < 4.78 is 23.9. The van der Waals surface area contributed by atoms with Crippen LogP contribution in [0.2, 0.25) is 0 Å². The molecule has 9 heteroatoms. The fourth-order valence-electron chi connectivity index (χ4n) is 3.93. The van der Waals surface area contributed by atoms with Gasteiger partial charge in [0.25, 0.3) is 0 Å². The highest BCUT2D eigenvalue weighted by atomic mass is 32.2. The SMILES string of the molecule is O=C(CSc1nc(-c2cccs2)nc2ccccc12)N(C1CC1)C1CCS(=O)(=O)C1. The van der Waals surface area contributed by atoms with E-state index in [0.29, 0.717) is 12.2 Å². The van der Waals surface area contributed by atoms with E-state index in [2.05, 4.69) is 4.98 Å². The predicted molar refractivity (Wildman–Crippen MR) is 121 cm³/mol. The zero-order valence-electron chi connectivity index (χ0n) is 16.2. The summed E-state index contributed by atoms with van der Waals surface area (Å²) in [5.41, 5.74) is 0.854. The van der Waals surface area contributed by atoms with Gasteiger partial charge in [-0.25, -0.2) is 18.4 Å². The molecule has 1 unspecified atom stereocenters. The fourth-order valence-corrected chi connectivity index (χ4v) is 7.19. The third-order valence-corrected chi connectivity index (χ3v) is 9.06. The van der Waals surface area contributed by atoms with Crippen molar-refractivity contribution < 1.29 is 13.2 Å². The zero-order valence-corrected chi connectivity index (χ0v) is 18.7. The minimum atomic E-state index is -3.03. The van der Waals surface area contributed by atoms with Crippen LogP contribution in [0.4, 0.5) is 0 Å². The highest BCUT2D eigenvalue weighted by Crippen LogP contribution is 2.34. The number of hydrogen-bond donors (Lipinski definition) is 0. The first-order valence-electron chi connectivity index (χ1n) is 9.95. The van der Waals surface area contributed by atoms with E-state index in [1.165, 1.54) is 11.8 Å². The Morgan fingerprint density at radius 3 is 2.63 bits per heavy atom. The van der Waals surface area contributed by atoms with Gasteiger partial charge < -0.3 is 4.90 Å². The average Bonchev–Trinajstić information content (AvgIpc) is 3.27. The number of thiophene rings is 1. The van der Waals surface area contributed by atoms with Crippen molar-refractivity contribution in [1.82, 2.24) is 14.9 Å². The molecule has 6 nitrogen and oxygen atoms in total. The van der Waals surface area contributed by atoms with Crippen LogP contribution in [-0.2, 0) is 14.6 Å². The van der Waals surface area contributed by atoms with Gasteiger partial charge in [0, 0.05) is 17.5 Å². The minimum absolute atomic E-state index is 0.00460. The summed E-state index contributed by atoms with van der Waals surface area (Å²) in [4.78, 5) is 25.4. The molecule has 1 atom stereocenters. The van der Waals surface area contributed by atoms with E-state index in [9.17, 15) is 13.2 Å². The van der Waals surface area contributed by atoms with Gasteiger partial charge in [0.1, 0.15) is 5.03 Å². The fraction of sp³-hybridized carbons (Fsp3) is 0.381.